The van der Waals surface area contributed by atoms with E-state index in [0.29, 0.717) is 11.6 Å². The number of hydrogen-bond acceptors (Lipinski definition) is 5. The molecule has 0 amide bonds. The zero-order chi connectivity index (χ0) is 14.8. The number of ether oxygens (including phenoxy) is 1. The number of methoxy groups -OCH3 is 1. The fourth-order valence-corrected chi connectivity index (χ4v) is 3.01. The molecule has 2 rings (SSSR count). The van der Waals surface area contributed by atoms with Crippen molar-refractivity contribution in [1.82, 2.24) is 19.5 Å². The Bertz CT molecular complexity index is 683. The second-order valence-electron chi connectivity index (χ2n) is 4.32. The molecule has 2 aromatic rings. The lowest BCUT2D eigenvalue weighted by Crippen LogP contribution is -2.27. The molecule has 20 heavy (non-hydrogen) atoms. The Hall–Kier alpha value is -1.93. The van der Waals surface area contributed by atoms with Gasteiger partial charge in [0, 0.05) is 7.05 Å². The van der Waals surface area contributed by atoms with E-state index < -0.39 is 10.0 Å². The van der Waals surface area contributed by atoms with Crippen molar-refractivity contribution in [3.8, 4) is 5.75 Å². The van der Waals surface area contributed by atoms with Crippen molar-refractivity contribution in [2.24, 2.45) is 0 Å². The van der Waals surface area contributed by atoms with Crippen molar-refractivity contribution < 1.29 is 13.2 Å². The van der Waals surface area contributed by atoms with E-state index in [9.17, 15) is 8.42 Å². The van der Waals surface area contributed by atoms with Gasteiger partial charge in [0.15, 0.2) is 0 Å². The first-order valence-corrected chi connectivity index (χ1v) is 7.34. The maximum atomic E-state index is 12.4. The highest BCUT2D eigenvalue weighted by Crippen LogP contribution is 2.23. The van der Waals surface area contributed by atoms with Gasteiger partial charge >= 0.3 is 0 Å². The van der Waals surface area contributed by atoms with Crippen molar-refractivity contribution in [2.45, 2.75) is 18.4 Å². The zero-order valence-corrected chi connectivity index (χ0v) is 12.3. The molecule has 0 radical (unpaired) electrons. The van der Waals surface area contributed by atoms with Crippen LogP contribution in [-0.2, 0) is 16.6 Å². The van der Waals surface area contributed by atoms with Gasteiger partial charge in [-0.2, -0.15) is 9.40 Å². The Labute approximate surface area is 117 Å². The van der Waals surface area contributed by atoms with E-state index in [1.807, 2.05) is 0 Å². The molecule has 0 aliphatic rings. The van der Waals surface area contributed by atoms with Gasteiger partial charge in [-0.15, -0.1) is 0 Å². The summed E-state index contributed by atoms with van der Waals surface area (Å²) in [6.45, 7) is 1.93. The number of hydrogen-bond donors (Lipinski definition) is 1. The summed E-state index contributed by atoms with van der Waals surface area (Å²) in [4.78, 5) is 4.14. The van der Waals surface area contributed by atoms with Gasteiger partial charge in [0.2, 0.25) is 10.0 Å². The molecule has 108 valence electrons. The van der Waals surface area contributed by atoms with E-state index in [-0.39, 0.29) is 11.4 Å². The van der Waals surface area contributed by atoms with Crippen molar-refractivity contribution in [3.05, 3.63) is 35.9 Å². The second-order valence-corrected chi connectivity index (χ2v) is 6.37. The van der Waals surface area contributed by atoms with Crippen LogP contribution >= 0.6 is 0 Å². The zero-order valence-electron chi connectivity index (χ0n) is 11.5. The van der Waals surface area contributed by atoms with Crippen molar-refractivity contribution in [2.75, 3.05) is 14.2 Å². The molecule has 0 saturated heterocycles. The Morgan fingerprint density at radius 3 is 2.70 bits per heavy atom. The maximum Gasteiger partial charge on any atom is 0.243 e. The number of nitrogens with zero attached hydrogens (tertiary/aromatic N) is 3. The molecule has 0 saturated carbocycles. The lowest BCUT2D eigenvalue weighted by atomic mass is 10.2. The number of H-pyrrole nitrogens is 1. The van der Waals surface area contributed by atoms with E-state index >= 15 is 0 Å². The normalized spacial score (nSPS) is 11.8. The van der Waals surface area contributed by atoms with Crippen molar-refractivity contribution in [1.29, 1.82) is 0 Å². The minimum Gasteiger partial charge on any atom is -0.496 e. The summed E-state index contributed by atoms with van der Waals surface area (Å²) in [6, 6.07) is 4.76. The summed E-state index contributed by atoms with van der Waals surface area (Å²) >= 11 is 0. The summed E-state index contributed by atoms with van der Waals surface area (Å²) in [5.41, 5.74) is 0.765. The van der Waals surface area contributed by atoms with Gasteiger partial charge in [-0.3, -0.25) is 5.10 Å². The number of aromatic nitrogens is 3. The molecule has 1 N–H and O–H groups in total. The van der Waals surface area contributed by atoms with Gasteiger partial charge in [-0.05, 0) is 30.7 Å². The molecule has 1 aromatic carbocycles. The highest BCUT2D eigenvalue weighted by atomic mass is 32.2. The number of nitrogens with one attached hydrogen (secondary N) is 1. The first kappa shape index (κ1) is 14.5. The van der Waals surface area contributed by atoms with E-state index in [1.54, 1.807) is 26.2 Å². The van der Waals surface area contributed by atoms with Gasteiger partial charge in [-0.1, -0.05) is 0 Å². The van der Waals surface area contributed by atoms with Crippen LogP contribution in [0.2, 0.25) is 0 Å². The largest absolute Gasteiger partial charge is 0.496 e. The molecule has 0 spiro atoms. The fourth-order valence-electron chi connectivity index (χ4n) is 1.79. The Kier molecular flexibility index (Phi) is 4.05. The quantitative estimate of drug-likeness (QED) is 0.887. The molecule has 7 nitrogen and oxygen atoms in total. The highest BCUT2D eigenvalue weighted by Gasteiger charge is 2.22. The van der Waals surface area contributed by atoms with Crippen LogP contribution in [0.1, 0.15) is 11.4 Å². The topological polar surface area (TPSA) is 88.2 Å². The molecule has 0 aliphatic heterocycles. The van der Waals surface area contributed by atoms with Gasteiger partial charge in [0.05, 0.1) is 18.6 Å². The van der Waals surface area contributed by atoms with Gasteiger partial charge in [0.25, 0.3) is 0 Å². The molecule has 0 fully saturated rings. The Morgan fingerprint density at radius 2 is 2.15 bits per heavy atom. The number of sulfonamides is 1. The van der Waals surface area contributed by atoms with Crippen LogP contribution in [0, 0.1) is 6.92 Å². The SMILES string of the molecule is COc1ccc(S(=O)(=O)N(C)Cc2ncn[nH]2)cc1C. The molecule has 0 atom stereocenters. The summed E-state index contributed by atoms with van der Waals surface area (Å²) in [5.74, 6) is 1.14. The average molecular weight is 296 g/mol. The molecule has 0 bridgehead atoms. The van der Waals surface area contributed by atoms with Crippen LogP contribution in [0.4, 0.5) is 0 Å². The third-order valence-electron chi connectivity index (χ3n) is 2.91. The average Bonchev–Trinajstić information content (AvgIpc) is 2.91. The molecule has 0 aliphatic carbocycles. The Balaban J connectivity index is 2.27. The van der Waals surface area contributed by atoms with Crippen LogP contribution in [0.25, 0.3) is 0 Å². The van der Waals surface area contributed by atoms with E-state index in [4.69, 9.17) is 4.74 Å². The molecular formula is C12H16N4O3S. The van der Waals surface area contributed by atoms with Crippen LogP contribution < -0.4 is 4.74 Å². The molecule has 1 heterocycles. The summed E-state index contributed by atoms with van der Waals surface area (Å²) in [6.07, 6.45) is 1.34. The predicted molar refractivity (Wildman–Crippen MR) is 72.8 cm³/mol. The third kappa shape index (κ3) is 2.81. The Morgan fingerprint density at radius 1 is 1.40 bits per heavy atom. The van der Waals surface area contributed by atoms with Gasteiger partial charge < -0.3 is 4.74 Å². The number of aryl methyl sites for hydroxylation is 1. The minimum atomic E-state index is -3.57. The predicted octanol–water partition coefficient (Wildman–Crippen LogP) is 0.942. The lowest BCUT2D eigenvalue weighted by molar-refractivity contribution is 0.411. The van der Waals surface area contributed by atoms with Crippen LogP contribution in [-0.4, -0.2) is 42.1 Å². The number of benzene rings is 1. The summed E-state index contributed by atoms with van der Waals surface area (Å²) in [5, 5.41) is 6.33. The molecule has 1 aromatic heterocycles. The smallest absolute Gasteiger partial charge is 0.243 e. The van der Waals surface area contributed by atoms with Crippen molar-refractivity contribution >= 4 is 10.0 Å². The van der Waals surface area contributed by atoms with E-state index in [1.165, 1.54) is 23.7 Å². The third-order valence-corrected chi connectivity index (χ3v) is 4.71. The van der Waals surface area contributed by atoms with Crippen LogP contribution in [0.3, 0.4) is 0 Å². The van der Waals surface area contributed by atoms with E-state index in [0.717, 1.165) is 5.56 Å². The van der Waals surface area contributed by atoms with Gasteiger partial charge in [0.1, 0.15) is 17.9 Å². The standard InChI is InChI=1S/C12H16N4O3S/c1-9-6-10(4-5-11(9)19-3)20(17,18)16(2)7-12-13-8-14-15-12/h4-6,8H,7H2,1-3H3,(H,13,14,15). The van der Waals surface area contributed by atoms with Crippen LogP contribution in [0.15, 0.2) is 29.4 Å². The first-order valence-electron chi connectivity index (χ1n) is 5.90. The second kappa shape index (κ2) is 5.59. The highest BCUT2D eigenvalue weighted by molar-refractivity contribution is 7.89. The number of aromatic amines is 1. The lowest BCUT2D eigenvalue weighted by Gasteiger charge is -2.16. The molecule has 8 heteroatoms. The molecular weight excluding hydrogens is 280 g/mol. The summed E-state index contributed by atoms with van der Waals surface area (Å²) < 4.78 is 31.2. The fraction of sp³-hybridized carbons (Fsp3) is 0.333. The molecule has 0 unspecified atom stereocenters. The maximum absolute atomic E-state index is 12.4. The van der Waals surface area contributed by atoms with Gasteiger partial charge in [-0.25, -0.2) is 13.4 Å². The minimum absolute atomic E-state index is 0.132. The number of rotatable bonds is 5. The van der Waals surface area contributed by atoms with Crippen molar-refractivity contribution in [3.63, 3.8) is 0 Å². The monoisotopic (exact) mass is 296 g/mol. The van der Waals surface area contributed by atoms with E-state index in [2.05, 4.69) is 15.2 Å². The summed E-state index contributed by atoms with van der Waals surface area (Å²) in [7, 11) is -0.527. The van der Waals surface area contributed by atoms with Crippen LogP contribution in [0.5, 0.6) is 5.75 Å². The first-order chi connectivity index (χ1) is 9.45.